The Morgan fingerprint density at radius 2 is 1.94 bits per heavy atom. The van der Waals surface area contributed by atoms with Gasteiger partial charge in [0.25, 0.3) is 5.89 Å². The predicted octanol–water partition coefficient (Wildman–Crippen LogP) is 3.60. The van der Waals surface area contributed by atoms with Crippen LogP contribution in [0.4, 0.5) is 10.1 Å². The second-order valence-corrected chi connectivity index (χ2v) is 7.71. The Labute approximate surface area is 186 Å². The van der Waals surface area contributed by atoms with E-state index in [-0.39, 0.29) is 29.2 Å². The van der Waals surface area contributed by atoms with Crippen molar-refractivity contribution in [3.8, 4) is 23.1 Å². The molecule has 0 bridgehead atoms. The number of nitrogens with one attached hydrogen (secondary N) is 1. The van der Waals surface area contributed by atoms with Crippen molar-refractivity contribution in [3.05, 3.63) is 59.9 Å². The number of hydrogen-bond donors (Lipinski definition) is 1. The molecule has 0 spiro atoms. The van der Waals surface area contributed by atoms with Crippen molar-refractivity contribution < 1.29 is 18.5 Å². The minimum Gasteiger partial charge on any atom is -0.330 e. The Balaban J connectivity index is 1.41. The quantitative estimate of drug-likeness (QED) is 0.334. The average Bonchev–Trinajstić information content (AvgIpc) is 3.40. The van der Waals surface area contributed by atoms with Gasteiger partial charge in [0, 0.05) is 23.9 Å². The second-order valence-electron chi connectivity index (χ2n) is 6.77. The second kappa shape index (κ2) is 9.10. The van der Waals surface area contributed by atoms with E-state index in [1.165, 1.54) is 30.8 Å². The fourth-order valence-electron chi connectivity index (χ4n) is 2.80. The van der Waals surface area contributed by atoms with Gasteiger partial charge in [-0.15, -0.1) is 10.2 Å². The lowest BCUT2D eigenvalue weighted by molar-refractivity contribution is -0.113. The molecule has 1 amide bonds. The summed E-state index contributed by atoms with van der Waals surface area (Å²) in [5, 5.41) is 15.3. The van der Waals surface area contributed by atoms with E-state index in [1.807, 2.05) is 0 Å². The lowest BCUT2D eigenvalue weighted by Gasteiger charge is -2.06. The summed E-state index contributed by atoms with van der Waals surface area (Å²) in [6.45, 7) is 1.47. The SMILES string of the molecule is CC(=O)c1cccc(NC(=O)CSc2nnc(-c3nc(-c4ccc(F)cc4)no3)n2C)c1. The number of rotatable bonds is 7. The largest absolute Gasteiger partial charge is 0.330 e. The van der Waals surface area contributed by atoms with E-state index < -0.39 is 0 Å². The molecule has 0 saturated carbocycles. The summed E-state index contributed by atoms with van der Waals surface area (Å²) >= 11 is 1.18. The molecule has 1 N–H and O–H groups in total. The Morgan fingerprint density at radius 1 is 1.16 bits per heavy atom. The Kier molecular flexibility index (Phi) is 6.08. The van der Waals surface area contributed by atoms with Crippen molar-refractivity contribution in [1.29, 1.82) is 0 Å². The highest BCUT2D eigenvalue weighted by Crippen LogP contribution is 2.24. The molecule has 0 radical (unpaired) electrons. The fraction of sp³-hybridized carbons (Fsp3) is 0.143. The standard InChI is InChI=1S/C21H17FN6O3S/c1-12(29)14-4-3-5-16(10-14)23-17(30)11-32-21-26-25-19(28(21)2)20-24-18(27-31-20)13-6-8-15(22)9-7-13/h3-10H,11H2,1-2H3,(H,23,30). The lowest BCUT2D eigenvalue weighted by Crippen LogP contribution is -2.14. The number of carbonyl (C=O) groups is 2. The van der Waals surface area contributed by atoms with Gasteiger partial charge < -0.3 is 14.4 Å². The molecule has 11 heteroatoms. The van der Waals surface area contributed by atoms with Crippen molar-refractivity contribution in [2.45, 2.75) is 12.1 Å². The Hall–Kier alpha value is -3.86. The molecule has 2 heterocycles. The highest BCUT2D eigenvalue weighted by molar-refractivity contribution is 7.99. The van der Waals surface area contributed by atoms with E-state index >= 15 is 0 Å². The summed E-state index contributed by atoms with van der Waals surface area (Å²) in [7, 11) is 1.72. The van der Waals surface area contributed by atoms with E-state index in [2.05, 4.69) is 25.7 Å². The van der Waals surface area contributed by atoms with Gasteiger partial charge >= 0.3 is 0 Å². The average molecular weight is 452 g/mol. The summed E-state index contributed by atoms with van der Waals surface area (Å²) in [4.78, 5) is 28.1. The number of aromatic nitrogens is 5. The van der Waals surface area contributed by atoms with Gasteiger partial charge in [0.15, 0.2) is 10.9 Å². The van der Waals surface area contributed by atoms with Crippen molar-refractivity contribution in [1.82, 2.24) is 24.9 Å². The number of amides is 1. The maximum Gasteiger partial charge on any atom is 0.296 e. The topological polar surface area (TPSA) is 116 Å². The van der Waals surface area contributed by atoms with Crippen LogP contribution in [-0.2, 0) is 11.8 Å². The monoisotopic (exact) mass is 452 g/mol. The van der Waals surface area contributed by atoms with Crippen LogP contribution in [0.3, 0.4) is 0 Å². The lowest BCUT2D eigenvalue weighted by atomic mass is 10.1. The zero-order valence-electron chi connectivity index (χ0n) is 17.1. The molecule has 0 unspecified atom stereocenters. The van der Waals surface area contributed by atoms with Crippen LogP contribution < -0.4 is 5.32 Å². The highest BCUT2D eigenvalue weighted by Gasteiger charge is 2.19. The molecule has 4 rings (SSSR count). The summed E-state index contributed by atoms with van der Waals surface area (Å²) < 4.78 is 20.0. The van der Waals surface area contributed by atoms with Gasteiger partial charge in [0.05, 0.1) is 5.75 Å². The summed E-state index contributed by atoms with van der Waals surface area (Å²) in [5.41, 5.74) is 1.66. The van der Waals surface area contributed by atoms with E-state index in [1.54, 1.807) is 48.0 Å². The maximum atomic E-state index is 13.1. The van der Waals surface area contributed by atoms with Crippen LogP contribution in [0.15, 0.2) is 58.2 Å². The molecule has 0 aliphatic carbocycles. The number of ketones is 1. The first-order valence-electron chi connectivity index (χ1n) is 9.44. The van der Waals surface area contributed by atoms with E-state index in [9.17, 15) is 14.0 Å². The van der Waals surface area contributed by atoms with Crippen LogP contribution >= 0.6 is 11.8 Å². The predicted molar refractivity (Wildman–Crippen MR) is 115 cm³/mol. The number of nitrogens with zero attached hydrogens (tertiary/aromatic N) is 5. The number of hydrogen-bond acceptors (Lipinski definition) is 8. The molecule has 0 saturated heterocycles. The van der Waals surface area contributed by atoms with Crippen LogP contribution in [0.1, 0.15) is 17.3 Å². The highest BCUT2D eigenvalue weighted by atomic mass is 32.2. The summed E-state index contributed by atoms with van der Waals surface area (Å²) in [6.07, 6.45) is 0. The zero-order chi connectivity index (χ0) is 22.7. The van der Waals surface area contributed by atoms with Crippen molar-refractivity contribution >= 4 is 29.1 Å². The van der Waals surface area contributed by atoms with Gasteiger partial charge in [-0.2, -0.15) is 4.98 Å². The zero-order valence-corrected chi connectivity index (χ0v) is 17.9. The normalized spacial score (nSPS) is 10.8. The Morgan fingerprint density at radius 3 is 2.69 bits per heavy atom. The van der Waals surface area contributed by atoms with Crippen LogP contribution in [0, 0.1) is 5.82 Å². The minimum atomic E-state index is -0.358. The number of anilines is 1. The molecule has 0 aliphatic heterocycles. The van der Waals surface area contributed by atoms with E-state index in [0.29, 0.717) is 33.6 Å². The van der Waals surface area contributed by atoms with Crippen LogP contribution in [0.2, 0.25) is 0 Å². The molecule has 162 valence electrons. The van der Waals surface area contributed by atoms with Crippen molar-refractivity contribution in [2.75, 3.05) is 11.1 Å². The first-order chi connectivity index (χ1) is 15.4. The van der Waals surface area contributed by atoms with Crippen molar-refractivity contribution in [3.63, 3.8) is 0 Å². The summed E-state index contributed by atoms with van der Waals surface area (Å²) in [5.74, 6) is 0.176. The molecule has 4 aromatic rings. The van der Waals surface area contributed by atoms with Gasteiger partial charge in [-0.25, -0.2) is 4.39 Å². The molecule has 0 atom stereocenters. The third kappa shape index (κ3) is 4.72. The fourth-order valence-corrected chi connectivity index (χ4v) is 3.51. The first-order valence-corrected chi connectivity index (χ1v) is 10.4. The molecule has 0 fully saturated rings. The molecule has 2 aromatic heterocycles. The van der Waals surface area contributed by atoms with Gasteiger partial charge in [-0.3, -0.25) is 9.59 Å². The smallest absolute Gasteiger partial charge is 0.296 e. The summed E-state index contributed by atoms with van der Waals surface area (Å²) in [6, 6.07) is 12.4. The first kappa shape index (κ1) is 21.4. The number of thioether (sulfide) groups is 1. The minimum absolute atomic E-state index is 0.0781. The number of carbonyl (C=O) groups excluding carboxylic acids is 2. The van der Waals surface area contributed by atoms with Crippen LogP contribution in [0.25, 0.3) is 23.1 Å². The van der Waals surface area contributed by atoms with Gasteiger partial charge in [0.1, 0.15) is 5.82 Å². The molecular weight excluding hydrogens is 435 g/mol. The molecular formula is C21H17FN6O3S. The van der Waals surface area contributed by atoms with Gasteiger partial charge in [-0.05, 0) is 43.3 Å². The molecule has 32 heavy (non-hydrogen) atoms. The van der Waals surface area contributed by atoms with E-state index in [4.69, 9.17) is 4.52 Å². The van der Waals surface area contributed by atoms with Crippen molar-refractivity contribution in [2.24, 2.45) is 7.05 Å². The third-order valence-electron chi connectivity index (χ3n) is 4.44. The van der Waals surface area contributed by atoms with Crippen LogP contribution in [-0.4, -0.2) is 42.3 Å². The maximum absolute atomic E-state index is 13.1. The van der Waals surface area contributed by atoms with Gasteiger partial charge in [-0.1, -0.05) is 29.1 Å². The number of benzene rings is 2. The van der Waals surface area contributed by atoms with Crippen LogP contribution in [0.5, 0.6) is 0 Å². The Bertz CT molecular complexity index is 1280. The molecule has 9 nitrogen and oxygen atoms in total. The van der Waals surface area contributed by atoms with E-state index in [0.717, 1.165) is 0 Å². The molecule has 2 aromatic carbocycles. The number of halogens is 1. The molecule has 0 aliphatic rings. The van der Waals surface area contributed by atoms with Gasteiger partial charge in [0.2, 0.25) is 17.6 Å². The third-order valence-corrected chi connectivity index (χ3v) is 5.46. The number of Topliss-reactive ketones (excluding diaryl/α,β-unsaturated/α-hetero) is 1.